The van der Waals surface area contributed by atoms with Crippen LogP contribution in [0.2, 0.25) is 0 Å². The number of likely N-dealkylation sites (N-methyl/N-ethyl adjacent to an activating group) is 1. The highest BCUT2D eigenvalue weighted by atomic mass is 16.6. The standard InChI is InChI=1S/C15H28N2O3/c1-6-7-10-16(5)13(18)12-9-8-11-17(12)14(19)20-15(2,3)4/h12H,6-11H2,1-5H3. The maximum atomic E-state index is 12.4. The average Bonchev–Trinajstić information content (AvgIpc) is 2.82. The second-order valence-electron chi connectivity index (χ2n) is 6.45. The molecule has 1 aliphatic heterocycles. The molecule has 0 bridgehead atoms. The van der Waals surface area contributed by atoms with Crippen molar-refractivity contribution in [3.63, 3.8) is 0 Å². The van der Waals surface area contributed by atoms with Gasteiger partial charge in [0.25, 0.3) is 0 Å². The van der Waals surface area contributed by atoms with E-state index in [1.165, 1.54) is 0 Å². The van der Waals surface area contributed by atoms with Gasteiger partial charge in [-0.3, -0.25) is 9.69 Å². The maximum Gasteiger partial charge on any atom is 0.410 e. The molecule has 20 heavy (non-hydrogen) atoms. The molecule has 5 nitrogen and oxygen atoms in total. The molecule has 1 saturated heterocycles. The van der Waals surface area contributed by atoms with Crippen LogP contribution in [0.1, 0.15) is 53.4 Å². The number of unbranched alkanes of at least 4 members (excludes halogenated alkanes) is 1. The van der Waals surface area contributed by atoms with Crippen molar-refractivity contribution in [3.8, 4) is 0 Å². The Morgan fingerprint density at radius 3 is 2.55 bits per heavy atom. The first-order valence-electron chi connectivity index (χ1n) is 7.51. The Kier molecular flexibility index (Phi) is 5.84. The lowest BCUT2D eigenvalue weighted by Crippen LogP contribution is -2.48. The minimum atomic E-state index is -0.526. The fourth-order valence-corrected chi connectivity index (χ4v) is 2.32. The summed E-state index contributed by atoms with van der Waals surface area (Å²) in [5.41, 5.74) is -0.526. The molecule has 0 aromatic rings. The molecule has 0 spiro atoms. The summed E-state index contributed by atoms with van der Waals surface area (Å²) in [6.07, 6.45) is 3.25. The minimum Gasteiger partial charge on any atom is -0.444 e. The van der Waals surface area contributed by atoms with E-state index in [0.29, 0.717) is 6.54 Å². The molecule has 116 valence electrons. The SMILES string of the molecule is CCCCN(C)C(=O)C1CCCN1C(=O)OC(C)(C)C. The molecule has 1 rings (SSSR count). The highest BCUT2D eigenvalue weighted by Gasteiger charge is 2.37. The van der Waals surface area contributed by atoms with Gasteiger partial charge < -0.3 is 9.64 Å². The van der Waals surface area contributed by atoms with Crippen LogP contribution in [0.15, 0.2) is 0 Å². The zero-order valence-corrected chi connectivity index (χ0v) is 13.4. The van der Waals surface area contributed by atoms with Gasteiger partial charge in [0.15, 0.2) is 0 Å². The van der Waals surface area contributed by atoms with Crippen molar-refractivity contribution in [2.75, 3.05) is 20.1 Å². The summed E-state index contributed by atoms with van der Waals surface area (Å²) in [6.45, 7) is 8.96. The first kappa shape index (κ1) is 16.8. The van der Waals surface area contributed by atoms with Crippen LogP contribution >= 0.6 is 0 Å². The summed E-state index contributed by atoms with van der Waals surface area (Å²) in [5, 5.41) is 0. The van der Waals surface area contributed by atoms with Gasteiger partial charge in [-0.15, -0.1) is 0 Å². The summed E-state index contributed by atoms with van der Waals surface area (Å²) in [4.78, 5) is 27.9. The Morgan fingerprint density at radius 1 is 1.35 bits per heavy atom. The molecule has 5 heteroatoms. The molecule has 1 atom stereocenters. The molecule has 1 aliphatic rings. The van der Waals surface area contributed by atoms with Crippen molar-refractivity contribution in [2.24, 2.45) is 0 Å². The Bertz CT molecular complexity index is 350. The van der Waals surface area contributed by atoms with Gasteiger partial charge in [0.1, 0.15) is 11.6 Å². The fourth-order valence-electron chi connectivity index (χ4n) is 2.32. The Morgan fingerprint density at radius 2 is 2.00 bits per heavy atom. The van der Waals surface area contributed by atoms with Crippen molar-refractivity contribution >= 4 is 12.0 Å². The number of carbonyl (C=O) groups is 2. The van der Waals surface area contributed by atoms with E-state index in [9.17, 15) is 9.59 Å². The average molecular weight is 284 g/mol. The zero-order valence-electron chi connectivity index (χ0n) is 13.4. The van der Waals surface area contributed by atoms with Gasteiger partial charge in [0.2, 0.25) is 5.91 Å². The maximum absolute atomic E-state index is 12.4. The predicted octanol–water partition coefficient (Wildman–Crippen LogP) is 2.64. The van der Waals surface area contributed by atoms with Crippen LogP contribution in [-0.2, 0) is 9.53 Å². The molecule has 0 radical (unpaired) electrons. The Labute approximate surface area is 122 Å². The number of rotatable bonds is 4. The lowest BCUT2D eigenvalue weighted by atomic mass is 10.2. The number of likely N-dealkylation sites (tertiary alicyclic amines) is 1. The van der Waals surface area contributed by atoms with Gasteiger partial charge in [0, 0.05) is 20.1 Å². The van der Waals surface area contributed by atoms with E-state index in [2.05, 4.69) is 6.92 Å². The first-order valence-corrected chi connectivity index (χ1v) is 7.51. The molecule has 0 aromatic heterocycles. The first-order chi connectivity index (χ1) is 9.26. The molecule has 1 heterocycles. The molecular weight excluding hydrogens is 256 g/mol. The monoisotopic (exact) mass is 284 g/mol. The largest absolute Gasteiger partial charge is 0.444 e. The number of amides is 2. The van der Waals surface area contributed by atoms with E-state index < -0.39 is 5.60 Å². The zero-order chi connectivity index (χ0) is 15.3. The third kappa shape index (κ3) is 4.69. The fraction of sp³-hybridized carbons (Fsp3) is 0.867. The smallest absolute Gasteiger partial charge is 0.410 e. The molecule has 0 saturated carbocycles. The molecule has 2 amide bonds. The van der Waals surface area contributed by atoms with Gasteiger partial charge in [-0.05, 0) is 40.0 Å². The van der Waals surface area contributed by atoms with Crippen molar-refractivity contribution in [1.82, 2.24) is 9.80 Å². The summed E-state index contributed by atoms with van der Waals surface area (Å²) in [5.74, 6) is 0.0295. The van der Waals surface area contributed by atoms with Crippen LogP contribution in [0.4, 0.5) is 4.79 Å². The second kappa shape index (κ2) is 6.95. The molecule has 1 unspecified atom stereocenters. The van der Waals surface area contributed by atoms with Crippen LogP contribution in [0.5, 0.6) is 0 Å². The van der Waals surface area contributed by atoms with Crippen molar-refractivity contribution in [1.29, 1.82) is 0 Å². The van der Waals surface area contributed by atoms with E-state index >= 15 is 0 Å². The summed E-state index contributed by atoms with van der Waals surface area (Å²) < 4.78 is 5.38. The lowest BCUT2D eigenvalue weighted by Gasteiger charge is -2.30. The molecule has 0 aliphatic carbocycles. The normalized spacial score (nSPS) is 19.1. The number of carbonyl (C=O) groups excluding carboxylic acids is 2. The van der Waals surface area contributed by atoms with Crippen LogP contribution < -0.4 is 0 Å². The van der Waals surface area contributed by atoms with Gasteiger partial charge in [-0.2, -0.15) is 0 Å². The number of nitrogens with zero attached hydrogens (tertiary/aromatic N) is 2. The number of hydrogen-bond acceptors (Lipinski definition) is 3. The molecule has 0 N–H and O–H groups in total. The van der Waals surface area contributed by atoms with Gasteiger partial charge in [-0.25, -0.2) is 4.79 Å². The Balaban J connectivity index is 2.64. The summed E-state index contributed by atoms with van der Waals surface area (Å²) in [7, 11) is 1.81. The Hall–Kier alpha value is -1.26. The van der Waals surface area contributed by atoms with E-state index in [1.54, 1.807) is 9.80 Å². The van der Waals surface area contributed by atoms with E-state index in [-0.39, 0.29) is 18.0 Å². The minimum absolute atomic E-state index is 0.0295. The highest BCUT2D eigenvalue weighted by molar-refractivity contribution is 5.86. The van der Waals surface area contributed by atoms with Crippen LogP contribution in [0.25, 0.3) is 0 Å². The third-order valence-corrected chi connectivity index (χ3v) is 3.39. The van der Waals surface area contributed by atoms with Crippen LogP contribution in [0.3, 0.4) is 0 Å². The quantitative estimate of drug-likeness (QED) is 0.797. The predicted molar refractivity (Wildman–Crippen MR) is 78.5 cm³/mol. The van der Waals surface area contributed by atoms with Crippen molar-refractivity contribution in [3.05, 3.63) is 0 Å². The molecular formula is C15H28N2O3. The summed E-state index contributed by atoms with van der Waals surface area (Å²) in [6, 6.07) is -0.355. The molecule has 0 aromatic carbocycles. The van der Waals surface area contributed by atoms with Gasteiger partial charge in [0.05, 0.1) is 0 Å². The molecule has 1 fully saturated rings. The van der Waals surface area contributed by atoms with Crippen molar-refractivity contribution < 1.29 is 14.3 Å². The van der Waals surface area contributed by atoms with Gasteiger partial charge in [-0.1, -0.05) is 13.3 Å². The van der Waals surface area contributed by atoms with Crippen molar-refractivity contribution in [2.45, 2.75) is 65.0 Å². The van der Waals surface area contributed by atoms with Crippen LogP contribution in [-0.4, -0.2) is 53.6 Å². The van der Waals surface area contributed by atoms with E-state index in [0.717, 1.165) is 32.2 Å². The van der Waals surface area contributed by atoms with Crippen LogP contribution in [0, 0.1) is 0 Å². The second-order valence-corrected chi connectivity index (χ2v) is 6.45. The van der Waals surface area contributed by atoms with E-state index in [1.807, 2.05) is 27.8 Å². The van der Waals surface area contributed by atoms with Gasteiger partial charge >= 0.3 is 6.09 Å². The lowest BCUT2D eigenvalue weighted by molar-refractivity contribution is -0.134. The van der Waals surface area contributed by atoms with E-state index in [4.69, 9.17) is 4.74 Å². The topological polar surface area (TPSA) is 49.9 Å². The highest BCUT2D eigenvalue weighted by Crippen LogP contribution is 2.22. The summed E-state index contributed by atoms with van der Waals surface area (Å²) >= 11 is 0. The third-order valence-electron chi connectivity index (χ3n) is 3.39. The number of hydrogen-bond donors (Lipinski definition) is 0. The number of ether oxygens (including phenoxy) is 1.